The third kappa shape index (κ3) is 3.31. The lowest BCUT2D eigenvalue weighted by atomic mass is 10.1. The highest BCUT2D eigenvalue weighted by molar-refractivity contribution is 5.97. The molecule has 2 aromatic carbocycles. The molecule has 1 saturated heterocycles. The number of methoxy groups -OCH3 is 1. The summed E-state index contributed by atoms with van der Waals surface area (Å²) in [6, 6.07) is 13.2. The van der Waals surface area contributed by atoms with Gasteiger partial charge in [0.15, 0.2) is 0 Å². The number of rotatable bonds is 3. The SMILES string of the molecule is COc1ccc2cc(C(=O)N3CCN(c4ccccc4F)CC3)c(=O)oc2c1. The summed E-state index contributed by atoms with van der Waals surface area (Å²) in [6.07, 6.45) is 0. The second-order valence-corrected chi connectivity index (χ2v) is 6.58. The molecule has 0 atom stereocenters. The number of piperazine rings is 1. The van der Waals surface area contributed by atoms with Crippen molar-refractivity contribution >= 4 is 22.6 Å². The molecule has 0 unspecified atom stereocenters. The minimum Gasteiger partial charge on any atom is -0.497 e. The third-order valence-corrected chi connectivity index (χ3v) is 4.93. The smallest absolute Gasteiger partial charge is 0.349 e. The highest BCUT2D eigenvalue weighted by atomic mass is 19.1. The molecule has 1 aliphatic rings. The molecule has 0 N–H and O–H groups in total. The molecule has 7 heteroatoms. The Balaban J connectivity index is 1.53. The molecular weight excluding hydrogens is 363 g/mol. The molecule has 144 valence electrons. The summed E-state index contributed by atoms with van der Waals surface area (Å²) in [6.45, 7) is 1.77. The number of benzene rings is 2. The van der Waals surface area contributed by atoms with Crippen LogP contribution in [0.1, 0.15) is 10.4 Å². The number of anilines is 1. The van der Waals surface area contributed by atoms with Crippen LogP contribution in [0.15, 0.2) is 57.7 Å². The molecule has 3 aromatic rings. The Bertz CT molecular complexity index is 1090. The molecule has 1 fully saturated rings. The van der Waals surface area contributed by atoms with E-state index in [1.54, 1.807) is 47.4 Å². The van der Waals surface area contributed by atoms with Crippen LogP contribution >= 0.6 is 0 Å². The number of carbonyl (C=O) groups excluding carboxylic acids is 1. The van der Waals surface area contributed by atoms with Crippen LogP contribution in [-0.4, -0.2) is 44.1 Å². The summed E-state index contributed by atoms with van der Waals surface area (Å²) in [5.74, 6) is -0.0912. The van der Waals surface area contributed by atoms with Gasteiger partial charge < -0.3 is 19.0 Å². The zero-order valence-electron chi connectivity index (χ0n) is 15.4. The standard InChI is InChI=1S/C21H19FN2O4/c1-27-15-7-6-14-12-16(21(26)28-19(14)13-15)20(25)24-10-8-23(9-11-24)18-5-3-2-4-17(18)22/h2-7,12-13H,8-11H2,1H3. The monoisotopic (exact) mass is 382 g/mol. The minimum atomic E-state index is -0.678. The van der Waals surface area contributed by atoms with Crippen LogP contribution in [0.2, 0.25) is 0 Å². The van der Waals surface area contributed by atoms with Crippen molar-refractivity contribution in [2.24, 2.45) is 0 Å². The maximum absolute atomic E-state index is 14.0. The van der Waals surface area contributed by atoms with Gasteiger partial charge in [-0.15, -0.1) is 0 Å². The molecule has 4 rings (SSSR count). The minimum absolute atomic E-state index is 0.00277. The molecule has 0 saturated carbocycles. The van der Waals surface area contributed by atoms with E-state index >= 15 is 0 Å². The number of carbonyl (C=O) groups is 1. The van der Waals surface area contributed by atoms with Crippen molar-refractivity contribution in [2.75, 3.05) is 38.2 Å². The zero-order valence-corrected chi connectivity index (χ0v) is 15.4. The Labute approximate surface area is 160 Å². The highest BCUT2D eigenvalue weighted by Crippen LogP contribution is 2.22. The molecule has 0 radical (unpaired) electrons. The lowest BCUT2D eigenvalue weighted by Crippen LogP contribution is -2.49. The maximum atomic E-state index is 14.0. The number of amides is 1. The van der Waals surface area contributed by atoms with Gasteiger partial charge >= 0.3 is 5.63 Å². The van der Waals surface area contributed by atoms with Gasteiger partial charge in [0.05, 0.1) is 12.8 Å². The van der Waals surface area contributed by atoms with Gasteiger partial charge in [-0.05, 0) is 30.3 Å². The summed E-state index contributed by atoms with van der Waals surface area (Å²) in [4.78, 5) is 28.7. The molecule has 1 aliphatic heterocycles. The van der Waals surface area contributed by atoms with Crippen molar-refractivity contribution in [1.29, 1.82) is 0 Å². The molecular formula is C21H19FN2O4. The molecule has 2 heterocycles. The quantitative estimate of drug-likeness (QED) is 0.652. The Morgan fingerprint density at radius 3 is 2.54 bits per heavy atom. The zero-order chi connectivity index (χ0) is 19.7. The van der Waals surface area contributed by atoms with E-state index in [-0.39, 0.29) is 17.3 Å². The van der Waals surface area contributed by atoms with Crippen molar-refractivity contribution in [2.45, 2.75) is 0 Å². The average Bonchev–Trinajstić information content (AvgIpc) is 2.73. The maximum Gasteiger partial charge on any atom is 0.349 e. The molecule has 6 nitrogen and oxygen atoms in total. The summed E-state index contributed by atoms with van der Waals surface area (Å²) in [7, 11) is 1.53. The fourth-order valence-corrected chi connectivity index (χ4v) is 3.40. The van der Waals surface area contributed by atoms with Crippen LogP contribution in [0, 0.1) is 5.82 Å². The summed E-state index contributed by atoms with van der Waals surface area (Å²) in [5, 5.41) is 0.647. The second kappa shape index (κ2) is 7.34. The van der Waals surface area contributed by atoms with Crippen molar-refractivity contribution in [3.8, 4) is 5.75 Å². The Morgan fingerprint density at radius 2 is 1.82 bits per heavy atom. The van der Waals surface area contributed by atoms with Gasteiger partial charge in [0.1, 0.15) is 22.7 Å². The molecule has 0 spiro atoms. The number of hydrogen-bond acceptors (Lipinski definition) is 5. The Hall–Kier alpha value is -3.35. The Morgan fingerprint density at radius 1 is 1.07 bits per heavy atom. The molecule has 1 aromatic heterocycles. The highest BCUT2D eigenvalue weighted by Gasteiger charge is 2.26. The number of nitrogens with zero attached hydrogens (tertiary/aromatic N) is 2. The number of hydrogen-bond donors (Lipinski definition) is 0. The first-order valence-electron chi connectivity index (χ1n) is 8.97. The molecule has 28 heavy (non-hydrogen) atoms. The van der Waals surface area contributed by atoms with E-state index in [0.717, 1.165) is 0 Å². The lowest BCUT2D eigenvalue weighted by molar-refractivity contribution is 0.0742. The largest absolute Gasteiger partial charge is 0.497 e. The van der Waals surface area contributed by atoms with Crippen LogP contribution in [-0.2, 0) is 0 Å². The normalized spacial score (nSPS) is 14.4. The van der Waals surface area contributed by atoms with Crippen LogP contribution in [0.5, 0.6) is 5.75 Å². The van der Waals surface area contributed by atoms with Gasteiger partial charge in [-0.1, -0.05) is 12.1 Å². The first kappa shape index (κ1) is 18.0. The fraction of sp³-hybridized carbons (Fsp3) is 0.238. The van der Waals surface area contributed by atoms with Gasteiger partial charge in [-0.2, -0.15) is 0 Å². The van der Waals surface area contributed by atoms with Crippen LogP contribution in [0.4, 0.5) is 10.1 Å². The third-order valence-electron chi connectivity index (χ3n) is 4.93. The van der Waals surface area contributed by atoms with Crippen LogP contribution in [0.3, 0.4) is 0 Å². The summed E-state index contributed by atoms with van der Waals surface area (Å²) in [5.41, 5.74) is 0.207. The van der Waals surface area contributed by atoms with E-state index in [0.29, 0.717) is 48.6 Å². The number of halogens is 1. The van der Waals surface area contributed by atoms with E-state index < -0.39 is 5.63 Å². The first-order valence-corrected chi connectivity index (χ1v) is 8.97. The van der Waals surface area contributed by atoms with E-state index in [1.165, 1.54) is 13.2 Å². The van der Waals surface area contributed by atoms with Crippen molar-refractivity contribution < 1.29 is 18.3 Å². The Kier molecular flexibility index (Phi) is 4.73. The predicted molar refractivity (Wildman–Crippen MR) is 104 cm³/mol. The first-order chi connectivity index (χ1) is 13.6. The molecule has 0 bridgehead atoms. The number of ether oxygens (including phenoxy) is 1. The predicted octanol–water partition coefficient (Wildman–Crippen LogP) is 2.90. The van der Waals surface area contributed by atoms with Crippen molar-refractivity contribution in [1.82, 2.24) is 4.90 Å². The topological polar surface area (TPSA) is 63.0 Å². The van der Waals surface area contributed by atoms with Gasteiger partial charge in [0, 0.05) is 37.6 Å². The van der Waals surface area contributed by atoms with Crippen molar-refractivity contribution in [3.05, 3.63) is 70.3 Å². The fourth-order valence-electron chi connectivity index (χ4n) is 3.40. The molecule has 0 aliphatic carbocycles. The summed E-state index contributed by atoms with van der Waals surface area (Å²) < 4.78 is 24.4. The lowest BCUT2D eigenvalue weighted by Gasteiger charge is -2.36. The van der Waals surface area contributed by atoms with Gasteiger partial charge in [-0.25, -0.2) is 9.18 Å². The number of fused-ring (bicyclic) bond motifs is 1. The van der Waals surface area contributed by atoms with Crippen LogP contribution in [0.25, 0.3) is 11.0 Å². The van der Waals surface area contributed by atoms with Crippen molar-refractivity contribution in [3.63, 3.8) is 0 Å². The van der Waals surface area contributed by atoms with E-state index in [9.17, 15) is 14.0 Å². The van der Waals surface area contributed by atoms with Crippen LogP contribution < -0.4 is 15.3 Å². The second-order valence-electron chi connectivity index (χ2n) is 6.58. The van der Waals surface area contributed by atoms with Gasteiger partial charge in [0.2, 0.25) is 0 Å². The number of para-hydroxylation sites is 1. The molecule has 1 amide bonds. The average molecular weight is 382 g/mol. The van der Waals surface area contributed by atoms with Gasteiger partial charge in [0.25, 0.3) is 5.91 Å². The van der Waals surface area contributed by atoms with E-state index in [2.05, 4.69) is 0 Å². The van der Waals surface area contributed by atoms with E-state index in [1.807, 2.05) is 4.90 Å². The summed E-state index contributed by atoms with van der Waals surface area (Å²) >= 11 is 0. The van der Waals surface area contributed by atoms with E-state index in [4.69, 9.17) is 9.15 Å². The van der Waals surface area contributed by atoms with Gasteiger partial charge in [-0.3, -0.25) is 4.79 Å².